The van der Waals surface area contributed by atoms with Gasteiger partial charge >= 0.3 is 0 Å². The fourth-order valence-corrected chi connectivity index (χ4v) is 5.71. The molecule has 0 amide bonds. The number of imidazole rings is 1. The van der Waals surface area contributed by atoms with Gasteiger partial charge in [-0.1, -0.05) is 6.92 Å². The summed E-state index contributed by atoms with van der Waals surface area (Å²) in [7, 11) is 1.54. The lowest BCUT2D eigenvalue weighted by Crippen LogP contribution is -2.42. The van der Waals surface area contributed by atoms with Crippen LogP contribution in [0.5, 0.6) is 5.75 Å². The summed E-state index contributed by atoms with van der Waals surface area (Å²) >= 11 is 0. The van der Waals surface area contributed by atoms with E-state index in [9.17, 15) is 13.9 Å². The summed E-state index contributed by atoms with van der Waals surface area (Å²) in [6, 6.07) is 7.25. The highest BCUT2D eigenvalue weighted by atomic mass is 19.3. The Balaban J connectivity index is 1.42. The number of anilines is 2. The lowest BCUT2D eigenvalue weighted by atomic mass is 9.94. The van der Waals surface area contributed by atoms with Gasteiger partial charge in [-0.15, -0.1) is 0 Å². The molecule has 5 rings (SSSR count). The highest BCUT2D eigenvalue weighted by Crippen LogP contribution is 2.31. The van der Waals surface area contributed by atoms with Crippen molar-refractivity contribution in [2.75, 3.05) is 69.9 Å². The minimum atomic E-state index is -2.79. The van der Waals surface area contributed by atoms with E-state index in [0.29, 0.717) is 79.2 Å². The zero-order chi connectivity index (χ0) is 28.1. The number of aromatic nitrogens is 4. The number of aliphatic hydroxyl groups excluding tert-OH is 1. The summed E-state index contributed by atoms with van der Waals surface area (Å²) in [5.41, 5.74) is 0.934. The lowest BCUT2D eigenvalue weighted by Gasteiger charge is -2.37. The number of alkyl halides is 2. The van der Waals surface area contributed by atoms with Crippen LogP contribution in [0.3, 0.4) is 0 Å². The third kappa shape index (κ3) is 6.29. The van der Waals surface area contributed by atoms with Crippen molar-refractivity contribution in [3.05, 3.63) is 30.1 Å². The number of methoxy groups -OCH3 is 1. The van der Waals surface area contributed by atoms with Crippen LogP contribution in [-0.4, -0.2) is 95.2 Å². The van der Waals surface area contributed by atoms with Gasteiger partial charge in [0.15, 0.2) is 5.82 Å². The van der Waals surface area contributed by atoms with Crippen LogP contribution in [0.4, 0.5) is 20.5 Å². The molecular weight excluding hydrogens is 520 g/mol. The van der Waals surface area contributed by atoms with E-state index in [1.54, 1.807) is 31.4 Å². The van der Waals surface area contributed by atoms with Crippen LogP contribution in [-0.2, 0) is 4.74 Å². The van der Waals surface area contributed by atoms with Crippen LogP contribution >= 0.6 is 0 Å². The number of aliphatic hydroxyl groups is 1. The van der Waals surface area contributed by atoms with Crippen molar-refractivity contribution in [3.63, 3.8) is 0 Å². The maximum Gasteiger partial charge on any atom is 0.296 e. The number of benzene rings is 1. The first-order chi connectivity index (χ1) is 19.5. The normalized spacial score (nSPS) is 18.0. The monoisotopic (exact) mass is 559 g/mol. The molecule has 12 heteroatoms. The molecule has 40 heavy (non-hydrogen) atoms. The molecule has 0 aliphatic carbocycles. The third-order valence-electron chi connectivity index (χ3n) is 7.99. The number of nitrogens with zero attached hydrogens (tertiary/aromatic N) is 6. The van der Waals surface area contributed by atoms with Crippen molar-refractivity contribution in [1.82, 2.24) is 24.4 Å². The molecular formula is C28H39F2N7O3. The largest absolute Gasteiger partial charge is 0.497 e. The van der Waals surface area contributed by atoms with Gasteiger partial charge in [0, 0.05) is 44.4 Å². The minimum Gasteiger partial charge on any atom is -0.497 e. The number of nitrogens with one attached hydrogen (secondary N) is 1. The smallest absolute Gasteiger partial charge is 0.296 e. The number of fused-ring (bicyclic) bond motifs is 1. The lowest BCUT2D eigenvalue weighted by molar-refractivity contribution is 0.111. The molecule has 2 aliphatic rings. The Morgan fingerprint density at radius 3 is 2.50 bits per heavy atom. The van der Waals surface area contributed by atoms with E-state index in [1.807, 2.05) is 0 Å². The van der Waals surface area contributed by atoms with Crippen LogP contribution in [0.15, 0.2) is 24.3 Å². The second kappa shape index (κ2) is 13.0. The number of rotatable bonds is 11. The van der Waals surface area contributed by atoms with Crippen molar-refractivity contribution >= 4 is 22.8 Å². The molecule has 1 unspecified atom stereocenters. The number of halogens is 2. The van der Waals surface area contributed by atoms with Gasteiger partial charge in [-0.25, -0.2) is 13.8 Å². The van der Waals surface area contributed by atoms with Crippen LogP contribution in [0, 0.1) is 5.92 Å². The van der Waals surface area contributed by atoms with E-state index < -0.39 is 6.43 Å². The second-order valence-electron chi connectivity index (χ2n) is 10.4. The predicted molar refractivity (Wildman–Crippen MR) is 150 cm³/mol. The van der Waals surface area contributed by atoms with Crippen LogP contribution in [0.2, 0.25) is 0 Å². The summed E-state index contributed by atoms with van der Waals surface area (Å²) in [6.45, 7) is 7.51. The molecule has 218 valence electrons. The highest BCUT2D eigenvalue weighted by molar-refractivity contribution is 5.80. The summed E-state index contributed by atoms with van der Waals surface area (Å²) < 4.78 is 40.7. The molecule has 1 atom stereocenters. The van der Waals surface area contributed by atoms with Gasteiger partial charge in [-0.05, 0) is 56.8 Å². The quantitative estimate of drug-likeness (QED) is 0.363. The third-order valence-corrected chi connectivity index (χ3v) is 7.99. The maximum absolute atomic E-state index is 14.2. The Morgan fingerprint density at radius 2 is 1.82 bits per heavy atom. The molecule has 2 fully saturated rings. The minimum absolute atomic E-state index is 0.214. The van der Waals surface area contributed by atoms with E-state index >= 15 is 0 Å². The van der Waals surface area contributed by atoms with Crippen molar-refractivity contribution in [3.8, 4) is 11.6 Å². The van der Waals surface area contributed by atoms with E-state index in [1.165, 1.54) is 4.57 Å². The fraction of sp³-hybridized carbons (Fsp3) is 0.607. The van der Waals surface area contributed by atoms with E-state index in [2.05, 4.69) is 27.0 Å². The van der Waals surface area contributed by atoms with Gasteiger partial charge in [0.2, 0.25) is 5.95 Å². The molecule has 2 aliphatic heterocycles. The van der Waals surface area contributed by atoms with Gasteiger partial charge in [0.25, 0.3) is 6.43 Å². The van der Waals surface area contributed by atoms with Crippen LogP contribution < -0.4 is 15.0 Å². The SMILES string of the molecule is CCC(CCO)N1CCC(CNc2nc(N3CCOCC3)cc(-n3c(C(F)F)nc4ccc(OC)cc43)n2)CC1. The van der Waals surface area contributed by atoms with Crippen molar-refractivity contribution in [2.24, 2.45) is 5.92 Å². The van der Waals surface area contributed by atoms with Crippen molar-refractivity contribution in [2.45, 2.75) is 45.1 Å². The molecule has 0 saturated carbocycles. The van der Waals surface area contributed by atoms with Crippen molar-refractivity contribution < 1.29 is 23.4 Å². The molecule has 10 nitrogen and oxygen atoms in total. The molecule has 2 N–H and O–H groups in total. The molecule has 2 saturated heterocycles. The number of hydrogen-bond donors (Lipinski definition) is 2. The van der Waals surface area contributed by atoms with Gasteiger partial charge in [-0.3, -0.25) is 4.57 Å². The predicted octanol–water partition coefficient (Wildman–Crippen LogP) is 3.88. The average molecular weight is 560 g/mol. The van der Waals surface area contributed by atoms with Crippen LogP contribution in [0.25, 0.3) is 16.9 Å². The zero-order valence-corrected chi connectivity index (χ0v) is 23.2. The molecule has 0 bridgehead atoms. The molecule has 0 spiro atoms. The Labute approximate surface area is 233 Å². The Bertz CT molecular complexity index is 1260. The van der Waals surface area contributed by atoms with Crippen molar-refractivity contribution in [1.29, 1.82) is 0 Å². The second-order valence-corrected chi connectivity index (χ2v) is 10.4. The molecule has 1 aromatic carbocycles. The number of piperidine rings is 1. The van der Waals surface area contributed by atoms with Gasteiger partial charge in [-0.2, -0.15) is 9.97 Å². The Kier molecular flexibility index (Phi) is 9.28. The molecule has 4 heterocycles. The topological polar surface area (TPSA) is 101 Å². The number of ether oxygens (including phenoxy) is 2. The molecule has 0 radical (unpaired) electrons. The van der Waals surface area contributed by atoms with Gasteiger partial charge in [0.1, 0.15) is 17.4 Å². The van der Waals surface area contributed by atoms with Gasteiger partial charge < -0.3 is 29.7 Å². The highest BCUT2D eigenvalue weighted by Gasteiger charge is 2.26. The zero-order valence-electron chi connectivity index (χ0n) is 23.2. The Morgan fingerprint density at radius 1 is 1.07 bits per heavy atom. The first-order valence-corrected chi connectivity index (χ1v) is 14.2. The van der Waals surface area contributed by atoms with Gasteiger partial charge in [0.05, 0.1) is 31.4 Å². The van der Waals surface area contributed by atoms with E-state index in [4.69, 9.17) is 19.4 Å². The Hall–Kier alpha value is -3.09. The first kappa shape index (κ1) is 28.4. The van der Waals surface area contributed by atoms with E-state index in [0.717, 1.165) is 38.8 Å². The van der Waals surface area contributed by atoms with Crippen LogP contribution in [0.1, 0.15) is 44.9 Å². The van der Waals surface area contributed by atoms with E-state index in [-0.39, 0.29) is 12.4 Å². The summed E-state index contributed by atoms with van der Waals surface area (Å²) in [5.74, 6) is 2.00. The standard InChI is InChI=1S/C28H39F2N7O3/c1-3-20(8-13-38)35-9-6-19(7-10-35)18-31-28-33-24(36-11-14-40-15-12-36)17-25(34-28)37-23-16-21(39-2)4-5-22(23)32-27(37)26(29)30/h4-5,16-17,19-20,26,38H,3,6-15,18H2,1-2H3,(H,31,33,34). The first-order valence-electron chi connectivity index (χ1n) is 14.2. The summed E-state index contributed by atoms with van der Waals surface area (Å²) in [6.07, 6.45) is 1.11. The molecule has 2 aromatic heterocycles. The number of likely N-dealkylation sites (tertiary alicyclic amines) is 1. The molecule has 3 aromatic rings. The maximum atomic E-state index is 14.2. The fourth-order valence-electron chi connectivity index (χ4n) is 5.71. The number of hydrogen-bond acceptors (Lipinski definition) is 9. The summed E-state index contributed by atoms with van der Waals surface area (Å²) in [5, 5.41) is 12.8. The average Bonchev–Trinajstić information content (AvgIpc) is 3.39. The number of morpholine rings is 1. The summed E-state index contributed by atoms with van der Waals surface area (Å²) in [4.78, 5) is 18.3.